The number of halogens is 2. The van der Waals surface area contributed by atoms with E-state index in [1.54, 1.807) is 0 Å². The monoisotopic (exact) mass is 518 g/mol. The van der Waals surface area contributed by atoms with E-state index < -0.39 is 29.0 Å². The Morgan fingerprint density at radius 1 is 1.31 bits per heavy atom. The number of aliphatic hydroxyl groups excluding tert-OH is 1. The zero-order chi connectivity index (χ0) is 25.7. The molecule has 1 saturated heterocycles. The van der Waals surface area contributed by atoms with E-state index in [0.717, 1.165) is 41.9 Å². The Balaban J connectivity index is 1.74. The zero-order valence-corrected chi connectivity index (χ0v) is 20.5. The van der Waals surface area contributed by atoms with Gasteiger partial charge in [0.15, 0.2) is 11.6 Å². The van der Waals surface area contributed by atoms with Crippen molar-refractivity contribution in [2.75, 3.05) is 30.0 Å². The van der Waals surface area contributed by atoms with Crippen molar-refractivity contribution in [3.05, 3.63) is 57.5 Å². The van der Waals surface area contributed by atoms with E-state index in [4.69, 9.17) is 21.9 Å². The number of benzene rings is 1. The van der Waals surface area contributed by atoms with Crippen LogP contribution in [0.5, 0.6) is 5.75 Å². The van der Waals surface area contributed by atoms with Gasteiger partial charge in [-0.15, -0.1) is 0 Å². The van der Waals surface area contributed by atoms with Crippen LogP contribution >= 0.6 is 11.8 Å². The highest BCUT2D eigenvalue weighted by atomic mass is 32.2. The number of hydrogen-bond donors (Lipinski definition) is 4. The van der Waals surface area contributed by atoms with Gasteiger partial charge in [0.1, 0.15) is 16.9 Å². The van der Waals surface area contributed by atoms with Crippen LogP contribution in [0.15, 0.2) is 29.1 Å². The third-order valence-electron chi connectivity index (χ3n) is 6.92. The Hall–Kier alpha value is -3.09. The van der Waals surface area contributed by atoms with Crippen molar-refractivity contribution in [1.82, 2.24) is 4.98 Å². The predicted molar refractivity (Wildman–Crippen MR) is 133 cm³/mol. The van der Waals surface area contributed by atoms with Crippen LogP contribution in [-0.4, -0.2) is 42.2 Å². The molecule has 1 aromatic heterocycles. The van der Waals surface area contributed by atoms with Gasteiger partial charge in [-0.3, -0.25) is 9.78 Å². The molecule has 1 amide bonds. The third-order valence-corrected chi connectivity index (χ3v) is 8.04. The van der Waals surface area contributed by atoms with Crippen LogP contribution < -0.4 is 31.7 Å². The minimum Gasteiger partial charge on any atom is -0.494 e. The fourth-order valence-corrected chi connectivity index (χ4v) is 6.52. The van der Waals surface area contributed by atoms with Crippen LogP contribution in [0.4, 0.5) is 20.2 Å². The summed E-state index contributed by atoms with van der Waals surface area (Å²) < 4.78 is 35.7. The number of nitrogens with two attached hydrogens (primary N) is 3. The van der Waals surface area contributed by atoms with Crippen molar-refractivity contribution in [3.63, 3.8) is 0 Å². The highest BCUT2D eigenvalue weighted by molar-refractivity contribution is 8.03. The lowest BCUT2D eigenvalue weighted by molar-refractivity contribution is -0.114. The number of carbonyl (C=O) groups excluding carboxylic acids is 1. The summed E-state index contributed by atoms with van der Waals surface area (Å²) in [7, 11) is 1.29. The molecule has 0 saturated carbocycles. The van der Waals surface area contributed by atoms with Crippen LogP contribution in [-0.2, 0) is 11.2 Å². The van der Waals surface area contributed by atoms with E-state index in [9.17, 15) is 9.90 Å². The molecular formula is C24H28F2N6O3S. The lowest BCUT2D eigenvalue weighted by Crippen LogP contribution is -2.44. The summed E-state index contributed by atoms with van der Waals surface area (Å²) in [6.45, 7) is 1.23. The first-order chi connectivity index (χ1) is 17.2. The van der Waals surface area contributed by atoms with E-state index in [-0.39, 0.29) is 28.1 Å². The third kappa shape index (κ3) is 3.93. The van der Waals surface area contributed by atoms with Crippen LogP contribution in [0.1, 0.15) is 47.6 Å². The van der Waals surface area contributed by atoms with E-state index in [1.165, 1.54) is 24.3 Å². The SMILES string of the molecule is COc1ccc(F)c(C2SC(N)=C(C(N)=O)N2c2cnc3c(c2N2CCCC(N)C2)CCC3O)c1F. The van der Waals surface area contributed by atoms with Gasteiger partial charge in [0, 0.05) is 24.7 Å². The summed E-state index contributed by atoms with van der Waals surface area (Å²) in [6.07, 6.45) is 3.54. The Morgan fingerprint density at radius 3 is 2.78 bits per heavy atom. The maximum Gasteiger partial charge on any atom is 0.268 e. The van der Waals surface area contributed by atoms with Gasteiger partial charge >= 0.3 is 0 Å². The van der Waals surface area contributed by atoms with E-state index in [1.807, 2.05) is 0 Å². The number of methoxy groups -OCH3 is 1. The number of primary amides is 1. The Labute approximate surface area is 211 Å². The second kappa shape index (κ2) is 9.41. The number of anilines is 2. The van der Waals surface area contributed by atoms with Crippen molar-refractivity contribution < 1.29 is 23.4 Å². The van der Waals surface area contributed by atoms with Crippen molar-refractivity contribution in [2.24, 2.45) is 17.2 Å². The predicted octanol–water partition coefficient (Wildman–Crippen LogP) is 2.14. The van der Waals surface area contributed by atoms with Crippen molar-refractivity contribution in [2.45, 2.75) is 43.2 Å². The maximum absolute atomic E-state index is 15.5. The lowest BCUT2D eigenvalue weighted by atomic mass is 10.0. The Bertz CT molecular complexity index is 1260. The normalized spacial score (nSPS) is 23.9. The molecule has 12 heteroatoms. The fraction of sp³-hybridized carbons (Fsp3) is 0.417. The number of aromatic nitrogens is 1. The summed E-state index contributed by atoms with van der Waals surface area (Å²) in [5, 5.41) is 9.46. The number of thioether (sulfide) groups is 1. The van der Waals surface area contributed by atoms with Crippen LogP contribution in [0.2, 0.25) is 0 Å². The Morgan fingerprint density at radius 2 is 2.08 bits per heavy atom. The molecule has 9 nitrogen and oxygen atoms in total. The summed E-state index contributed by atoms with van der Waals surface area (Å²) in [5.41, 5.74) is 20.4. The molecule has 3 heterocycles. The number of hydrogen-bond acceptors (Lipinski definition) is 9. The summed E-state index contributed by atoms with van der Waals surface area (Å²) in [4.78, 5) is 20.7. The average molecular weight is 519 g/mol. The largest absolute Gasteiger partial charge is 0.494 e. The van der Waals surface area contributed by atoms with Gasteiger partial charge in [-0.2, -0.15) is 0 Å². The average Bonchev–Trinajstić information content (AvgIpc) is 3.38. The molecule has 3 atom stereocenters. The van der Waals surface area contributed by atoms with Gasteiger partial charge in [0.05, 0.1) is 47.1 Å². The number of fused-ring (bicyclic) bond motifs is 1. The number of amides is 1. The number of pyridine rings is 1. The second-order valence-corrected chi connectivity index (χ2v) is 10.3. The van der Waals surface area contributed by atoms with E-state index >= 15 is 8.78 Å². The summed E-state index contributed by atoms with van der Waals surface area (Å²) >= 11 is 0.922. The topological polar surface area (TPSA) is 144 Å². The lowest BCUT2D eigenvalue weighted by Gasteiger charge is -2.38. The van der Waals surface area contributed by atoms with Crippen LogP contribution in [0.3, 0.4) is 0 Å². The first kappa shape index (κ1) is 24.6. The molecule has 3 aliphatic rings. The number of aliphatic hydroxyl groups is 1. The molecule has 7 N–H and O–H groups in total. The second-order valence-electron chi connectivity index (χ2n) is 9.15. The molecule has 2 aromatic rings. The van der Waals surface area contributed by atoms with Crippen molar-refractivity contribution in [1.29, 1.82) is 0 Å². The smallest absolute Gasteiger partial charge is 0.268 e. The van der Waals surface area contributed by atoms with E-state index in [2.05, 4.69) is 9.88 Å². The highest BCUT2D eigenvalue weighted by Gasteiger charge is 2.43. The minimum atomic E-state index is -1.09. The van der Waals surface area contributed by atoms with Crippen LogP contribution in [0, 0.1) is 11.6 Å². The number of piperidine rings is 1. The van der Waals surface area contributed by atoms with Gasteiger partial charge in [-0.05, 0) is 37.8 Å². The molecule has 0 radical (unpaired) electrons. The van der Waals surface area contributed by atoms with Gasteiger partial charge in [0.25, 0.3) is 5.91 Å². The summed E-state index contributed by atoms with van der Waals surface area (Å²) in [6, 6.07) is 2.23. The molecule has 0 spiro atoms. The summed E-state index contributed by atoms with van der Waals surface area (Å²) in [5.74, 6) is -2.70. The molecule has 1 fully saturated rings. The van der Waals surface area contributed by atoms with Crippen molar-refractivity contribution in [3.8, 4) is 5.75 Å². The fourth-order valence-electron chi connectivity index (χ4n) is 5.31. The molecule has 1 aromatic carbocycles. The Kier molecular flexibility index (Phi) is 6.43. The molecule has 0 bridgehead atoms. The molecule has 2 aliphatic heterocycles. The zero-order valence-electron chi connectivity index (χ0n) is 19.7. The molecule has 3 unspecified atom stereocenters. The van der Waals surface area contributed by atoms with E-state index in [0.29, 0.717) is 37.3 Å². The standard InChI is InChI=1S/C24H28F2N6O3S/c1-35-16-7-5-13(25)17(18(16)26)24-32(21(22(28)34)23(29)36-24)14-9-30-19-12(4-6-15(19)33)20(14)31-8-2-3-11(27)10-31/h5,7,9,11,15,24,33H,2-4,6,8,10,27,29H2,1H3,(H2,28,34). The minimum absolute atomic E-state index is 0.0379. The van der Waals surface area contributed by atoms with Gasteiger partial charge in [-0.1, -0.05) is 11.8 Å². The maximum atomic E-state index is 15.5. The van der Waals surface area contributed by atoms with Crippen molar-refractivity contribution >= 4 is 29.0 Å². The first-order valence-electron chi connectivity index (χ1n) is 11.7. The number of ether oxygens (including phenoxy) is 1. The molecule has 5 rings (SSSR count). The van der Waals surface area contributed by atoms with Crippen LogP contribution in [0.25, 0.3) is 0 Å². The highest BCUT2D eigenvalue weighted by Crippen LogP contribution is 2.53. The van der Waals surface area contributed by atoms with Gasteiger partial charge < -0.3 is 36.8 Å². The molecular weight excluding hydrogens is 490 g/mol. The number of nitrogens with zero attached hydrogens (tertiary/aromatic N) is 3. The first-order valence-corrected chi connectivity index (χ1v) is 12.6. The van der Waals surface area contributed by atoms with Gasteiger partial charge in [0.2, 0.25) is 0 Å². The van der Waals surface area contributed by atoms with Gasteiger partial charge in [-0.25, -0.2) is 8.78 Å². The number of rotatable bonds is 5. The number of carbonyl (C=O) groups is 1. The molecule has 192 valence electrons. The quantitative estimate of drug-likeness (QED) is 0.468. The molecule has 36 heavy (non-hydrogen) atoms. The molecule has 1 aliphatic carbocycles.